The van der Waals surface area contributed by atoms with E-state index in [1.54, 1.807) is 25.1 Å². The van der Waals surface area contributed by atoms with Crippen LogP contribution in [0.5, 0.6) is 0 Å². The third-order valence-electron chi connectivity index (χ3n) is 6.24. The Morgan fingerprint density at radius 2 is 1.67 bits per heavy atom. The lowest BCUT2D eigenvalue weighted by molar-refractivity contribution is -0.139. The van der Waals surface area contributed by atoms with Crippen molar-refractivity contribution in [1.82, 2.24) is 10.2 Å². The van der Waals surface area contributed by atoms with Crippen LogP contribution in [0.15, 0.2) is 82.2 Å². The molecule has 0 aliphatic rings. The molecule has 0 aliphatic carbocycles. The quantitative estimate of drug-likeness (QED) is 0.289. The number of sulfonamides is 1. The smallest absolute Gasteiger partial charge is 0.264 e. The molecule has 2 amide bonds. The molecule has 3 rings (SSSR count). The van der Waals surface area contributed by atoms with Crippen molar-refractivity contribution in [3.8, 4) is 0 Å². The first kappa shape index (κ1) is 30.6. The fourth-order valence-corrected chi connectivity index (χ4v) is 5.59. The van der Waals surface area contributed by atoms with E-state index in [-0.39, 0.29) is 34.1 Å². The van der Waals surface area contributed by atoms with Crippen molar-refractivity contribution in [3.63, 3.8) is 0 Å². The molecule has 7 nitrogen and oxygen atoms in total. The molecule has 208 valence electrons. The summed E-state index contributed by atoms with van der Waals surface area (Å²) in [5.74, 6) is -1.71. The molecular formula is C28H30BrClFN3O4S. The monoisotopic (exact) mass is 637 g/mol. The number of amides is 2. The molecule has 0 saturated carbocycles. The predicted octanol–water partition coefficient (Wildman–Crippen LogP) is 5.77. The Bertz CT molecular complexity index is 1410. The van der Waals surface area contributed by atoms with E-state index < -0.39 is 34.3 Å². The zero-order valence-electron chi connectivity index (χ0n) is 21.8. The van der Waals surface area contributed by atoms with Gasteiger partial charge in [-0.1, -0.05) is 64.8 Å². The van der Waals surface area contributed by atoms with Gasteiger partial charge in [-0.2, -0.15) is 0 Å². The number of anilines is 1. The van der Waals surface area contributed by atoms with E-state index in [1.807, 2.05) is 38.1 Å². The summed E-state index contributed by atoms with van der Waals surface area (Å²) >= 11 is 9.36. The van der Waals surface area contributed by atoms with Gasteiger partial charge in [-0.25, -0.2) is 12.8 Å². The molecule has 0 spiro atoms. The molecule has 39 heavy (non-hydrogen) atoms. The van der Waals surface area contributed by atoms with Crippen LogP contribution < -0.4 is 9.62 Å². The van der Waals surface area contributed by atoms with Gasteiger partial charge in [0.15, 0.2) is 0 Å². The van der Waals surface area contributed by atoms with Crippen LogP contribution in [0.2, 0.25) is 5.02 Å². The molecule has 3 aromatic rings. The van der Waals surface area contributed by atoms with Gasteiger partial charge in [0.1, 0.15) is 18.4 Å². The predicted molar refractivity (Wildman–Crippen MR) is 154 cm³/mol. The minimum absolute atomic E-state index is 0.0129. The summed E-state index contributed by atoms with van der Waals surface area (Å²) in [5, 5.41) is 2.59. The number of nitrogens with zero attached hydrogens (tertiary/aromatic N) is 2. The topological polar surface area (TPSA) is 86.8 Å². The van der Waals surface area contributed by atoms with E-state index in [9.17, 15) is 22.4 Å². The van der Waals surface area contributed by atoms with Crippen LogP contribution >= 0.6 is 27.5 Å². The van der Waals surface area contributed by atoms with Gasteiger partial charge in [-0.05, 0) is 68.3 Å². The zero-order chi connectivity index (χ0) is 28.7. The minimum atomic E-state index is -4.26. The number of halogens is 3. The number of benzene rings is 3. The van der Waals surface area contributed by atoms with Gasteiger partial charge in [0.25, 0.3) is 10.0 Å². The van der Waals surface area contributed by atoms with E-state index in [2.05, 4.69) is 21.2 Å². The van der Waals surface area contributed by atoms with Crippen LogP contribution in [-0.4, -0.2) is 43.8 Å². The summed E-state index contributed by atoms with van der Waals surface area (Å²) in [6.07, 6.45) is 0.702. The van der Waals surface area contributed by atoms with Gasteiger partial charge in [0.2, 0.25) is 11.8 Å². The maximum atomic E-state index is 13.9. The lowest BCUT2D eigenvalue weighted by Gasteiger charge is -2.32. The van der Waals surface area contributed by atoms with Crippen LogP contribution in [0, 0.1) is 5.82 Å². The Morgan fingerprint density at radius 3 is 2.26 bits per heavy atom. The lowest BCUT2D eigenvalue weighted by atomic mass is 10.1. The Hall–Kier alpha value is -2.95. The van der Waals surface area contributed by atoms with Crippen molar-refractivity contribution in [2.24, 2.45) is 0 Å². The standard InChI is InChI=1S/C28H30BrClFN3O4S/c1-4-19(2)32-28(36)20(3)33(17-21-10-12-22(29)13-11-21)27(35)18-34(23-14-15-26(31)25(30)16-23)39(37,38)24-8-6-5-7-9-24/h5-16,19-20H,4,17-18H2,1-3H3,(H,32,36)/t19-,20-/m1/s1. The van der Waals surface area contributed by atoms with E-state index in [0.29, 0.717) is 6.42 Å². The van der Waals surface area contributed by atoms with Gasteiger partial charge in [-0.3, -0.25) is 13.9 Å². The summed E-state index contributed by atoms with van der Waals surface area (Å²) < 4.78 is 43.1. The van der Waals surface area contributed by atoms with Crippen LogP contribution in [0.3, 0.4) is 0 Å². The van der Waals surface area contributed by atoms with Gasteiger partial charge >= 0.3 is 0 Å². The van der Waals surface area contributed by atoms with Crippen molar-refractivity contribution in [2.75, 3.05) is 10.8 Å². The molecular weight excluding hydrogens is 609 g/mol. The molecule has 0 aliphatic heterocycles. The van der Waals surface area contributed by atoms with E-state index in [0.717, 1.165) is 26.5 Å². The molecule has 11 heteroatoms. The summed E-state index contributed by atoms with van der Waals surface area (Å²) in [5.41, 5.74) is 0.760. The number of hydrogen-bond acceptors (Lipinski definition) is 4. The van der Waals surface area contributed by atoms with Gasteiger partial charge < -0.3 is 10.2 Å². The maximum absolute atomic E-state index is 13.9. The largest absolute Gasteiger partial charge is 0.352 e. The molecule has 1 N–H and O–H groups in total. The Labute approximate surface area is 242 Å². The molecule has 0 bridgehead atoms. The summed E-state index contributed by atoms with van der Waals surface area (Å²) in [4.78, 5) is 28.2. The highest BCUT2D eigenvalue weighted by Gasteiger charge is 2.33. The molecule has 0 saturated heterocycles. The first-order chi connectivity index (χ1) is 18.4. The Balaban J connectivity index is 2.03. The normalized spacial score (nSPS) is 12.9. The van der Waals surface area contributed by atoms with E-state index >= 15 is 0 Å². The maximum Gasteiger partial charge on any atom is 0.264 e. The second-order valence-electron chi connectivity index (χ2n) is 9.07. The van der Waals surface area contributed by atoms with Crippen LogP contribution in [0.1, 0.15) is 32.8 Å². The summed E-state index contributed by atoms with van der Waals surface area (Å²) in [6.45, 7) is 4.80. The Morgan fingerprint density at radius 1 is 1.03 bits per heavy atom. The van der Waals surface area contributed by atoms with Crippen LogP contribution in [0.4, 0.5) is 10.1 Å². The van der Waals surface area contributed by atoms with Gasteiger partial charge in [0.05, 0.1) is 15.6 Å². The van der Waals surface area contributed by atoms with Gasteiger partial charge in [-0.15, -0.1) is 0 Å². The SMILES string of the molecule is CC[C@@H](C)NC(=O)[C@@H](C)N(Cc1ccc(Br)cc1)C(=O)CN(c1ccc(F)c(Cl)c1)S(=O)(=O)c1ccccc1. The average Bonchev–Trinajstić information content (AvgIpc) is 2.92. The van der Waals surface area contributed by atoms with Crippen molar-refractivity contribution in [1.29, 1.82) is 0 Å². The van der Waals surface area contributed by atoms with Crippen molar-refractivity contribution < 1.29 is 22.4 Å². The fraction of sp³-hybridized carbons (Fsp3) is 0.286. The summed E-state index contributed by atoms with van der Waals surface area (Å²) in [6, 6.07) is 17.3. The highest BCUT2D eigenvalue weighted by molar-refractivity contribution is 9.10. The molecule has 3 aromatic carbocycles. The molecule has 0 aromatic heterocycles. The molecule has 2 atom stereocenters. The van der Waals surface area contributed by atoms with Crippen molar-refractivity contribution in [3.05, 3.63) is 93.7 Å². The Kier molecular flexibility index (Phi) is 10.5. The first-order valence-electron chi connectivity index (χ1n) is 12.3. The molecule has 0 fully saturated rings. The highest BCUT2D eigenvalue weighted by Crippen LogP contribution is 2.28. The third-order valence-corrected chi connectivity index (χ3v) is 8.84. The van der Waals surface area contributed by atoms with Crippen molar-refractivity contribution in [2.45, 2.75) is 50.7 Å². The second kappa shape index (κ2) is 13.4. The number of rotatable bonds is 11. The van der Waals surface area contributed by atoms with Crippen molar-refractivity contribution >= 4 is 55.1 Å². The number of carbonyl (C=O) groups excluding carboxylic acids is 2. The average molecular weight is 639 g/mol. The van der Waals surface area contributed by atoms with Crippen LogP contribution in [-0.2, 0) is 26.2 Å². The zero-order valence-corrected chi connectivity index (χ0v) is 24.9. The molecule has 0 radical (unpaired) electrons. The number of carbonyl (C=O) groups is 2. The van der Waals surface area contributed by atoms with Crippen LogP contribution in [0.25, 0.3) is 0 Å². The third kappa shape index (κ3) is 7.80. The summed E-state index contributed by atoms with van der Waals surface area (Å²) in [7, 11) is -4.26. The number of hydrogen-bond donors (Lipinski definition) is 1. The molecule has 0 unspecified atom stereocenters. The molecule has 0 heterocycles. The second-order valence-corrected chi connectivity index (χ2v) is 12.3. The minimum Gasteiger partial charge on any atom is -0.352 e. The lowest BCUT2D eigenvalue weighted by Crippen LogP contribution is -2.52. The van der Waals surface area contributed by atoms with E-state index in [4.69, 9.17) is 11.6 Å². The number of nitrogens with one attached hydrogen (secondary N) is 1. The highest BCUT2D eigenvalue weighted by atomic mass is 79.9. The van der Waals surface area contributed by atoms with E-state index in [1.165, 1.54) is 23.1 Å². The van der Waals surface area contributed by atoms with Gasteiger partial charge in [0, 0.05) is 17.1 Å². The fourth-order valence-electron chi connectivity index (χ4n) is 3.72. The first-order valence-corrected chi connectivity index (χ1v) is 14.9.